The summed E-state index contributed by atoms with van der Waals surface area (Å²) in [4.78, 5) is 27.6. The van der Waals surface area contributed by atoms with Crippen LogP contribution in [0.1, 0.15) is 19.4 Å². The van der Waals surface area contributed by atoms with E-state index in [4.69, 9.17) is 32.1 Å². The molecule has 13 heteroatoms. The standard InChI is InChI=1S/C25H30N10O3/c1-12(2)18-22(36)32-19-21(31-18)33-25(38-17-8-6-5-7-15(17)30-24(28)29)34-23(19)37-13-9-10-14(20(26)27)16(11-13)35(3)4/h5-12,18H,1-4H3,(H3,26,27)(H,32,36)(H4,28,29,30)(H,31,33,34). The van der Waals surface area contributed by atoms with Gasteiger partial charge < -0.3 is 42.2 Å². The van der Waals surface area contributed by atoms with Crippen molar-refractivity contribution in [3.05, 3.63) is 48.0 Å². The molecule has 38 heavy (non-hydrogen) atoms. The van der Waals surface area contributed by atoms with E-state index in [1.165, 1.54) is 0 Å². The van der Waals surface area contributed by atoms with E-state index in [1.54, 1.807) is 42.5 Å². The van der Waals surface area contributed by atoms with Gasteiger partial charge in [0.15, 0.2) is 17.5 Å². The second-order valence-electron chi connectivity index (χ2n) is 9.09. The molecular formula is C25H30N10O3. The van der Waals surface area contributed by atoms with E-state index >= 15 is 0 Å². The Balaban J connectivity index is 1.79. The Morgan fingerprint density at radius 3 is 2.50 bits per heavy atom. The Morgan fingerprint density at radius 1 is 1.11 bits per heavy atom. The van der Waals surface area contributed by atoms with Crippen LogP contribution in [0, 0.1) is 11.3 Å². The van der Waals surface area contributed by atoms with Crippen LogP contribution in [-0.2, 0) is 4.79 Å². The maximum absolute atomic E-state index is 12.8. The fraction of sp³-hybridized carbons (Fsp3) is 0.240. The van der Waals surface area contributed by atoms with Crippen LogP contribution in [0.15, 0.2) is 47.5 Å². The fourth-order valence-corrected chi connectivity index (χ4v) is 3.80. The molecule has 0 aliphatic carbocycles. The Morgan fingerprint density at radius 2 is 1.84 bits per heavy atom. The van der Waals surface area contributed by atoms with Gasteiger partial charge in [0, 0.05) is 25.7 Å². The Bertz CT molecular complexity index is 1420. The van der Waals surface area contributed by atoms with Crippen LogP contribution in [-0.4, -0.2) is 47.8 Å². The smallest absolute Gasteiger partial charge is 0.327 e. The highest BCUT2D eigenvalue weighted by Gasteiger charge is 2.33. The first-order valence-corrected chi connectivity index (χ1v) is 11.7. The predicted octanol–water partition coefficient (Wildman–Crippen LogP) is 2.70. The number of amides is 1. The first kappa shape index (κ1) is 26.0. The largest absolute Gasteiger partial charge is 0.437 e. The maximum atomic E-state index is 12.8. The fourth-order valence-electron chi connectivity index (χ4n) is 3.80. The van der Waals surface area contributed by atoms with E-state index in [2.05, 4.69) is 25.6 Å². The number of hydrogen-bond donors (Lipinski definition) is 6. The second-order valence-corrected chi connectivity index (χ2v) is 9.09. The first-order valence-electron chi connectivity index (χ1n) is 11.7. The van der Waals surface area contributed by atoms with E-state index < -0.39 is 6.04 Å². The molecule has 2 heterocycles. The van der Waals surface area contributed by atoms with Gasteiger partial charge in [0.25, 0.3) is 5.88 Å². The van der Waals surface area contributed by atoms with Gasteiger partial charge in [-0.15, -0.1) is 0 Å². The number of anilines is 3. The van der Waals surface area contributed by atoms with Gasteiger partial charge in [-0.1, -0.05) is 26.0 Å². The second kappa shape index (κ2) is 10.5. The number of nitrogens with two attached hydrogens (primary N) is 3. The molecule has 1 aliphatic rings. The molecule has 0 saturated carbocycles. The van der Waals surface area contributed by atoms with E-state index in [1.807, 2.05) is 32.8 Å². The number of amidine groups is 1. The van der Waals surface area contributed by atoms with E-state index in [0.29, 0.717) is 34.3 Å². The maximum Gasteiger partial charge on any atom is 0.327 e. The van der Waals surface area contributed by atoms with E-state index in [-0.39, 0.29) is 41.2 Å². The number of nitrogens with one attached hydrogen (secondary N) is 3. The number of benzene rings is 2. The summed E-state index contributed by atoms with van der Waals surface area (Å²) in [6.07, 6.45) is 0. The van der Waals surface area contributed by atoms with Crippen molar-refractivity contribution in [1.82, 2.24) is 9.97 Å². The highest BCUT2D eigenvalue weighted by Crippen LogP contribution is 2.40. The summed E-state index contributed by atoms with van der Waals surface area (Å²) in [5.41, 5.74) is 18.7. The Labute approximate surface area is 219 Å². The highest BCUT2D eigenvalue weighted by molar-refractivity contribution is 6.04. The number of hydrogen-bond acceptors (Lipinski definition) is 9. The summed E-state index contributed by atoms with van der Waals surface area (Å²) in [5.74, 6) is 0.616. The van der Waals surface area contributed by atoms with E-state index in [9.17, 15) is 4.79 Å². The summed E-state index contributed by atoms with van der Waals surface area (Å²) in [6.45, 7) is 3.84. The van der Waals surface area contributed by atoms with Gasteiger partial charge in [-0.05, 0) is 30.2 Å². The van der Waals surface area contributed by atoms with Gasteiger partial charge in [0.05, 0.1) is 5.69 Å². The lowest BCUT2D eigenvalue weighted by Gasteiger charge is -2.29. The van der Waals surface area contributed by atoms with Crippen molar-refractivity contribution in [2.45, 2.75) is 19.9 Å². The zero-order valence-corrected chi connectivity index (χ0v) is 21.4. The van der Waals surface area contributed by atoms with Crippen LogP contribution < -0.4 is 42.2 Å². The summed E-state index contributed by atoms with van der Waals surface area (Å²) in [6, 6.07) is 11.3. The molecule has 4 rings (SSSR count). The van der Waals surface area contributed by atoms with Crippen molar-refractivity contribution in [2.75, 3.05) is 29.6 Å². The number of nitrogens with zero attached hydrogens (tertiary/aromatic N) is 4. The van der Waals surface area contributed by atoms with Crippen LogP contribution >= 0.6 is 0 Å². The van der Waals surface area contributed by atoms with Gasteiger partial charge in [0.1, 0.15) is 29.0 Å². The summed E-state index contributed by atoms with van der Waals surface area (Å²) in [5, 5.41) is 13.9. The molecule has 0 spiro atoms. The zero-order valence-electron chi connectivity index (χ0n) is 21.4. The van der Waals surface area contributed by atoms with Gasteiger partial charge >= 0.3 is 6.01 Å². The zero-order chi connectivity index (χ0) is 27.6. The summed E-state index contributed by atoms with van der Waals surface area (Å²) < 4.78 is 12.1. The lowest BCUT2D eigenvalue weighted by molar-refractivity contribution is -0.117. The molecule has 1 amide bonds. The Hall–Kier alpha value is -5.07. The summed E-state index contributed by atoms with van der Waals surface area (Å²) in [7, 11) is 3.66. The first-order chi connectivity index (χ1) is 18.0. The van der Waals surface area contributed by atoms with E-state index in [0.717, 1.165) is 0 Å². The molecule has 1 unspecified atom stereocenters. The molecular weight excluding hydrogens is 488 g/mol. The number of aromatic nitrogens is 2. The number of aliphatic imine (C=N–C) groups is 1. The minimum absolute atomic E-state index is 0.0174. The van der Waals surface area contributed by atoms with Crippen molar-refractivity contribution in [3.8, 4) is 23.4 Å². The van der Waals surface area contributed by atoms with Gasteiger partial charge in [-0.25, -0.2) is 4.99 Å². The predicted molar refractivity (Wildman–Crippen MR) is 147 cm³/mol. The number of fused-ring (bicyclic) bond motifs is 1. The molecule has 0 fully saturated rings. The molecule has 3 aromatic rings. The number of rotatable bonds is 8. The lowest BCUT2D eigenvalue weighted by atomic mass is 10.0. The molecule has 0 radical (unpaired) electrons. The van der Waals surface area contributed by atoms with Crippen LogP contribution in [0.25, 0.3) is 0 Å². The molecule has 0 bridgehead atoms. The minimum atomic E-state index is -0.526. The quantitative estimate of drug-likeness (QED) is 0.190. The van der Waals surface area contributed by atoms with Crippen molar-refractivity contribution in [1.29, 1.82) is 5.41 Å². The number of carbonyl (C=O) groups is 1. The number of para-hydroxylation sites is 2. The normalized spacial score (nSPS) is 14.1. The molecule has 13 nitrogen and oxygen atoms in total. The number of ether oxygens (including phenoxy) is 2. The Kier molecular flexibility index (Phi) is 7.19. The van der Waals surface area contributed by atoms with Gasteiger partial charge in [0.2, 0.25) is 5.91 Å². The lowest BCUT2D eigenvalue weighted by Crippen LogP contribution is -2.43. The molecule has 1 aromatic heterocycles. The third-order valence-corrected chi connectivity index (χ3v) is 5.62. The molecule has 2 aromatic carbocycles. The van der Waals surface area contributed by atoms with Crippen LogP contribution in [0.2, 0.25) is 0 Å². The van der Waals surface area contributed by atoms with Crippen molar-refractivity contribution in [3.63, 3.8) is 0 Å². The minimum Gasteiger partial charge on any atom is -0.437 e. The monoisotopic (exact) mass is 518 g/mol. The highest BCUT2D eigenvalue weighted by atomic mass is 16.5. The van der Waals surface area contributed by atoms with Crippen LogP contribution in [0.5, 0.6) is 23.4 Å². The van der Waals surface area contributed by atoms with Gasteiger partial charge in [-0.3, -0.25) is 10.2 Å². The SMILES string of the molecule is CC(C)C1Nc2nc(Oc3ccccc3N=C(N)N)nc(Oc3ccc(C(=N)N)c(N(C)C)c3)c2NC1=O. The molecule has 198 valence electrons. The van der Waals surface area contributed by atoms with Crippen LogP contribution in [0.3, 0.4) is 0 Å². The molecule has 9 N–H and O–H groups in total. The molecule has 1 aliphatic heterocycles. The van der Waals surface area contributed by atoms with Crippen LogP contribution in [0.4, 0.5) is 22.9 Å². The average Bonchev–Trinajstić information content (AvgIpc) is 2.84. The number of carbonyl (C=O) groups excluding carboxylic acids is 1. The third kappa shape index (κ3) is 5.51. The van der Waals surface area contributed by atoms with Crippen molar-refractivity contribution in [2.24, 2.45) is 28.1 Å². The van der Waals surface area contributed by atoms with Crippen molar-refractivity contribution < 1.29 is 14.3 Å². The molecule has 0 saturated heterocycles. The number of nitrogen functional groups attached to an aromatic ring is 1. The molecule has 1 atom stereocenters. The summed E-state index contributed by atoms with van der Waals surface area (Å²) >= 11 is 0. The average molecular weight is 519 g/mol. The number of guanidine groups is 1. The van der Waals surface area contributed by atoms with Gasteiger partial charge in [-0.2, -0.15) is 9.97 Å². The topological polar surface area (TPSA) is 203 Å². The van der Waals surface area contributed by atoms with Crippen molar-refractivity contribution >= 4 is 40.6 Å². The third-order valence-electron chi connectivity index (χ3n) is 5.62.